The van der Waals surface area contributed by atoms with Gasteiger partial charge in [0, 0.05) is 13.1 Å². The van der Waals surface area contributed by atoms with Crippen molar-refractivity contribution in [1.29, 1.82) is 0 Å². The molecule has 2 rings (SSSR count). The lowest BCUT2D eigenvalue weighted by Gasteiger charge is -2.30. The third-order valence-corrected chi connectivity index (χ3v) is 3.14. The van der Waals surface area contributed by atoms with E-state index in [1.807, 2.05) is 23.8 Å². The van der Waals surface area contributed by atoms with Gasteiger partial charge in [0.25, 0.3) is 0 Å². The standard InChI is InChI=1S/C10H12N2O2S/c1-7-4-12(10(14)11-9(7)13)5-8-2-3-15-6-8/h2-3,6-7H,4-5H2,1H3,(H,11,13,14). The van der Waals surface area contributed by atoms with E-state index in [4.69, 9.17) is 0 Å². The predicted molar refractivity (Wildman–Crippen MR) is 57.4 cm³/mol. The summed E-state index contributed by atoms with van der Waals surface area (Å²) >= 11 is 1.61. The molecule has 1 aliphatic heterocycles. The molecule has 5 heteroatoms. The fourth-order valence-electron chi connectivity index (χ4n) is 1.54. The molecule has 1 atom stereocenters. The van der Waals surface area contributed by atoms with Crippen molar-refractivity contribution in [1.82, 2.24) is 10.2 Å². The lowest BCUT2D eigenvalue weighted by molar-refractivity contribution is -0.125. The zero-order valence-corrected chi connectivity index (χ0v) is 9.21. The third kappa shape index (κ3) is 2.18. The average Bonchev–Trinajstić information content (AvgIpc) is 2.67. The first-order valence-corrected chi connectivity index (χ1v) is 5.72. The lowest BCUT2D eigenvalue weighted by Crippen LogP contribution is -2.53. The molecule has 1 saturated heterocycles. The highest BCUT2D eigenvalue weighted by Crippen LogP contribution is 2.14. The maximum atomic E-state index is 11.5. The molecular formula is C10H12N2O2S. The number of carbonyl (C=O) groups excluding carboxylic acids is 2. The summed E-state index contributed by atoms with van der Waals surface area (Å²) < 4.78 is 0. The molecule has 80 valence electrons. The van der Waals surface area contributed by atoms with Crippen LogP contribution in [0, 0.1) is 5.92 Å². The van der Waals surface area contributed by atoms with E-state index in [-0.39, 0.29) is 17.9 Å². The van der Waals surface area contributed by atoms with E-state index in [9.17, 15) is 9.59 Å². The minimum Gasteiger partial charge on any atom is -0.319 e. The molecule has 1 aromatic rings. The summed E-state index contributed by atoms with van der Waals surface area (Å²) in [7, 11) is 0. The first kappa shape index (κ1) is 10.2. The van der Waals surface area contributed by atoms with Gasteiger partial charge in [-0.15, -0.1) is 0 Å². The van der Waals surface area contributed by atoms with Crippen LogP contribution in [0.3, 0.4) is 0 Å². The first-order chi connectivity index (χ1) is 7.16. The van der Waals surface area contributed by atoms with Gasteiger partial charge in [-0.05, 0) is 22.4 Å². The van der Waals surface area contributed by atoms with Gasteiger partial charge in [0.2, 0.25) is 5.91 Å². The van der Waals surface area contributed by atoms with Gasteiger partial charge in [0.15, 0.2) is 0 Å². The number of rotatable bonds is 2. The van der Waals surface area contributed by atoms with Crippen molar-refractivity contribution in [2.45, 2.75) is 13.5 Å². The minimum absolute atomic E-state index is 0.124. The Morgan fingerprint density at radius 3 is 3.07 bits per heavy atom. The molecule has 0 spiro atoms. The van der Waals surface area contributed by atoms with E-state index in [2.05, 4.69) is 5.32 Å². The van der Waals surface area contributed by atoms with Crippen molar-refractivity contribution in [3.8, 4) is 0 Å². The van der Waals surface area contributed by atoms with Crippen molar-refractivity contribution in [2.24, 2.45) is 5.92 Å². The van der Waals surface area contributed by atoms with Gasteiger partial charge in [0.1, 0.15) is 0 Å². The minimum atomic E-state index is -0.288. The average molecular weight is 224 g/mol. The number of imide groups is 1. The molecule has 1 N–H and O–H groups in total. The molecule has 3 amide bonds. The summed E-state index contributed by atoms with van der Waals surface area (Å²) in [6, 6.07) is 1.70. The van der Waals surface area contributed by atoms with Crippen molar-refractivity contribution >= 4 is 23.3 Å². The number of amides is 3. The molecule has 15 heavy (non-hydrogen) atoms. The highest BCUT2D eigenvalue weighted by Gasteiger charge is 2.28. The monoisotopic (exact) mass is 224 g/mol. The van der Waals surface area contributed by atoms with Gasteiger partial charge in [-0.3, -0.25) is 10.1 Å². The quantitative estimate of drug-likeness (QED) is 0.826. The van der Waals surface area contributed by atoms with E-state index in [0.717, 1.165) is 5.56 Å². The Morgan fingerprint density at radius 1 is 1.60 bits per heavy atom. The van der Waals surface area contributed by atoms with E-state index >= 15 is 0 Å². The van der Waals surface area contributed by atoms with Crippen LogP contribution in [0.2, 0.25) is 0 Å². The van der Waals surface area contributed by atoms with Gasteiger partial charge < -0.3 is 4.90 Å². The first-order valence-electron chi connectivity index (χ1n) is 4.77. The zero-order valence-electron chi connectivity index (χ0n) is 8.40. The van der Waals surface area contributed by atoms with E-state index < -0.39 is 0 Å². The second kappa shape index (κ2) is 4.02. The number of hydrogen-bond donors (Lipinski definition) is 1. The Balaban J connectivity index is 2.03. The van der Waals surface area contributed by atoms with Crippen molar-refractivity contribution in [3.05, 3.63) is 22.4 Å². The van der Waals surface area contributed by atoms with Crippen LogP contribution < -0.4 is 5.32 Å². The highest BCUT2D eigenvalue weighted by molar-refractivity contribution is 7.07. The lowest BCUT2D eigenvalue weighted by atomic mass is 10.1. The maximum absolute atomic E-state index is 11.5. The van der Waals surface area contributed by atoms with Gasteiger partial charge >= 0.3 is 6.03 Å². The Bertz CT molecular complexity index is 375. The summed E-state index contributed by atoms with van der Waals surface area (Å²) in [6.45, 7) is 2.90. The molecule has 1 aromatic heterocycles. The maximum Gasteiger partial charge on any atom is 0.324 e. The second-order valence-electron chi connectivity index (χ2n) is 3.71. The molecule has 0 aliphatic carbocycles. The highest BCUT2D eigenvalue weighted by atomic mass is 32.1. The molecule has 0 bridgehead atoms. The normalized spacial score (nSPS) is 21.7. The smallest absolute Gasteiger partial charge is 0.319 e. The summed E-state index contributed by atoms with van der Waals surface area (Å²) in [5.74, 6) is -0.303. The Kier molecular flexibility index (Phi) is 2.73. The van der Waals surface area contributed by atoms with Crippen LogP contribution in [0.4, 0.5) is 4.79 Å². The number of carbonyl (C=O) groups is 2. The molecule has 1 fully saturated rings. The largest absolute Gasteiger partial charge is 0.324 e. The topological polar surface area (TPSA) is 49.4 Å². The van der Waals surface area contributed by atoms with Crippen LogP contribution >= 0.6 is 11.3 Å². The molecule has 0 radical (unpaired) electrons. The Morgan fingerprint density at radius 2 is 2.40 bits per heavy atom. The Labute approximate surface area is 91.9 Å². The number of thiophene rings is 1. The summed E-state index contributed by atoms with van der Waals surface area (Å²) in [6.07, 6.45) is 0. The van der Waals surface area contributed by atoms with Gasteiger partial charge in [0.05, 0.1) is 5.92 Å². The molecule has 0 aromatic carbocycles. The number of nitrogens with zero attached hydrogens (tertiary/aromatic N) is 1. The SMILES string of the molecule is CC1CN(Cc2ccsc2)C(=O)NC1=O. The second-order valence-corrected chi connectivity index (χ2v) is 4.49. The fraction of sp³-hybridized carbons (Fsp3) is 0.400. The van der Waals surface area contributed by atoms with Crippen LogP contribution in [-0.4, -0.2) is 23.4 Å². The predicted octanol–water partition coefficient (Wildman–Crippen LogP) is 1.44. The van der Waals surface area contributed by atoms with Gasteiger partial charge in [-0.2, -0.15) is 11.3 Å². The zero-order chi connectivity index (χ0) is 10.8. The van der Waals surface area contributed by atoms with Crippen LogP contribution in [0.25, 0.3) is 0 Å². The molecule has 1 unspecified atom stereocenters. The van der Waals surface area contributed by atoms with Crippen molar-refractivity contribution in [2.75, 3.05) is 6.54 Å². The number of nitrogens with one attached hydrogen (secondary N) is 1. The van der Waals surface area contributed by atoms with Crippen molar-refractivity contribution in [3.63, 3.8) is 0 Å². The Hall–Kier alpha value is -1.36. The number of urea groups is 1. The van der Waals surface area contributed by atoms with E-state index in [0.29, 0.717) is 13.1 Å². The van der Waals surface area contributed by atoms with Gasteiger partial charge in [-0.25, -0.2) is 4.79 Å². The fourth-order valence-corrected chi connectivity index (χ4v) is 2.20. The van der Waals surface area contributed by atoms with E-state index in [1.54, 1.807) is 16.2 Å². The van der Waals surface area contributed by atoms with Crippen LogP contribution in [0.5, 0.6) is 0 Å². The summed E-state index contributed by atoms with van der Waals surface area (Å²) in [4.78, 5) is 24.3. The van der Waals surface area contributed by atoms with Crippen LogP contribution in [0.15, 0.2) is 16.8 Å². The summed E-state index contributed by atoms with van der Waals surface area (Å²) in [5.41, 5.74) is 1.11. The number of hydrogen-bond acceptors (Lipinski definition) is 3. The van der Waals surface area contributed by atoms with Crippen LogP contribution in [0.1, 0.15) is 12.5 Å². The van der Waals surface area contributed by atoms with E-state index in [1.165, 1.54) is 0 Å². The third-order valence-electron chi connectivity index (χ3n) is 2.41. The molecule has 4 nitrogen and oxygen atoms in total. The van der Waals surface area contributed by atoms with Crippen molar-refractivity contribution < 1.29 is 9.59 Å². The molecule has 1 aliphatic rings. The molecule has 2 heterocycles. The molecule has 0 saturated carbocycles. The van der Waals surface area contributed by atoms with Crippen LogP contribution in [-0.2, 0) is 11.3 Å². The molecular weight excluding hydrogens is 212 g/mol. The summed E-state index contributed by atoms with van der Waals surface area (Å²) in [5, 5.41) is 6.33. The van der Waals surface area contributed by atoms with Gasteiger partial charge in [-0.1, -0.05) is 6.92 Å².